The van der Waals surface area contributed by atoms with Gasteiger partial charge in [-0.3, -0.25) is 0 Å². The molecule has 4 heteroatoms. The zero-order valence-corrected chi connectivity index (χ0v) is 13.4. The molecule has 0 atom stereocenters. The highest BCUT2D eigenvalue weighted by Crippen LogP contribution is 2.25. The molecule has 23 heavy (non-hydrogen) atoms. The minimum Gasteiger partial charge on any atom is -0.497 e. The average molecular weight is 307 g/mol. The van der Waals surface area contributed by atoms with Crippen LogP contribution in [0.5, 0.6) is 5.75 Å². The Morgan fingerprint density at radius 1 is 1.26 bits per heavy atom. The minimum atomic E-state index is 0.613. The molecule has 0 radical (unpaired) electrons. The van der Waals surface area contributed by atoms with E-state index in [-0.39, 0.29) is 0 Å². The van der Waals surface area contributed by atoms with Crippen LogP contribution in [-0.4, -0.2) is 25.2 Å². The maximum absolute atomic E-state index is 8.84. The third kappa shape index (κ3) is 3.81. The van der Waals surface area contributed by atoms with Crippen LogP contribution < -0.4 is 9.64 Å². The number of anilines is 1. The van der Waals surface area contributed by atoms with Crippen LogP contribution in [0.4, 0.5) is 5.82 Å². The third-order valence-electron chi connectivity index (χ3n) is 4.47. The van der Waals surface area contributed by atoms with Crippen molar-refractivity contribution in [3.63, 3.8) is 0 Å². The predicted molar refractivity (Wildman–Crippen MR) is 90.6 cm³/mol. The quantitative estimate of drug-likeness (QED) is 0.868. The number of pyridine rings is 1. The van der Waals surface area contributed by atoms with Gasteiger partial charge in [0.2, 0.25) is 0 Å². The van der Waals surface area contributed by atoms with Gasteiger partial charge in [0.05, 0.1) is 12.7 Å². The summed E-state index contributed by atoms with van der Waals surface area (Å²) in [7, 11) is 1.71. The number of rotatable bonds is 4. The van der Waals surface area contributed by atoms with Gasteiger partial charge in [0, 0.05) is 19.3 Å². The first-order valence-corrected chi connectivity index (χ1v) is 8.02. The molecule has 1 aromatic carbocycles. The molecule has 1 aliphatic heterocycles. The number of aromatic nitrogens is 1. The SMILES string of the molecule is COc1cccc(CC2CCN(c3ccc(C#N)cn3)CC2)c1. The number of ether oxygens (including phenoxy) is 1. The van der Waals surface area contributed by atoms with E-state index in [9.17, 15) is 0 Å². The Labute approximate surface area is 137 Å². The second kappa shape index (κ2) is 7.15. The maximum Gasteiger partial charge on any atom is 0.128 e. The number of methoxy groups -OCH3 is 1. The zero-order valence-electron chi connectivity index (χ0n) is 13.4. The lowest BCUT2D eigenvalue weighted by atomic mass is 9.90. The van der Waals surface area contributed by atoms with E-state index in [1.807, 2.05) is 18.2 Å². The van der Waals surface area contributed by atoms with Gasteiger partial charge in [-0.15, -0.1) is 0 Å². The van der Waals surface area contributed by atoms with Gasteiger partial charge in [-0.25, -0.2) is 4.98 Å². The molecule has 2 heterocycles. The fraction of sp³-hybridized carbons (Fsp3) is 0.368. The molecule has 0 saturated carbocycles. The van der Waals surface area contributed by atoms with Crippen molar-refractivity contribution in [3.05, 3.63) is 53.7 Å². The van der Waals surface area contributed by atoms with E-state index in [0.717, 1.165) is 31.1 Å². The highest BCUT2D eigenvalue weighted by Gasteiger charge is 2.20. The van der Waals surface area contributed by atoms with E-state index in [0.29, 0.717) is 11.5 Å². The fourth-order valence-electron chi connectivity index (χ4n) is 3.14. The summed E-state index contributed by atoms with van der Waals surface area (Å²) in [6.07, 6.45) is 5.08. The van der Waals surface area contributed by atoms with Gasteiger partial charge in [0.25, 0.3) is 0 Å². The van der Waals surface area contributed by atoms with Gasteiger partial charge in [-0.05, 0) is 55.0 Å². The van der Waals surface area contributed by atoms with Crippen molar-refractivity contribution in [3.8, 4) is 11.8 Å². The van der Waals surface area contributed by atoms with E-state index in [2.05, 4.69) is 34.2 Å². The Morgan fingerprint density at radius 3 is 2.74 bits per heavy atom. The summed E-state index contributed by atoms with van der Waals surface area (Å²) >= 11 is 0. The lowest BCUT2D eigenvalue weighted by molar-refractivity contribution is 0.398. The molecule has 118 valence electrons. The van der Waals surface area contributed by atoms with Gasteiger partial charge in [-0.2, -0.15) is 5.26 Å². The first-order valence-electron chi connectivity index (χ1n) is 8.02. The normalized spacial score (nSPS) is 15.2. The monoisotopic (exact) mass is 307 g/mol. The number of hydrogen-bond acceptors (Lipinski definition) is 4. The van der Waals surface area contributed by atoms with Crippen molar-refractivity contribution < 1.29 is 4.74 Å². The lowest BCUT2D eigenvalue weighted by Gasteiger charge is -2.33. The summed E-state index contributed by atoms with van der Waals surface area (Å²) < 4.78 is 5.30. The number of nitriles is 1. The minimum absolute atomic E-state index is 0.613. The van der Waals surface area contributed by atoms with Crippen LogP contribution in [0.3, 0.4) is 0 Å². The second-order valence-corrected chi connectivity index (χ2v) is 6.00. The van der Waals surface area contributed by atoms with Crippen molar-refractivity contribution in [2.24, 2.45) is 5.92 Å². The van der Waals surface area contributed by atoms with Crippen LogP contribution in [0.15, 0.2) is 42.6 Å². The second-order valence-electron chi connectivity index (χ2n) is 6.00. The summed E-state index contributed by atoms with van der Waals surface area (Å²) in [5, 5.41) is 8.84. The maximum atomic E-state index is 8.84. The standard InChI is InChI=1S/C19H21N3O/c1-23-18-4-2-3-16(12-18)11-15-7-9-22(10-8-15)19-6-5-17(13-20)14-21-19/h2-6,12,14-15H,7-11H2,1H3. The first kappa shape index (κ1) is 15.4. The van der Waals surface area contributed by atoms with E-state index in [4.69, 9.17) is 10.00 Å². The molecule has 0 unspecified atom stereocenters. The van der Waals surface area contributed by atoms with Gasteiger partial charge < -0.3 is 9.64 Å². The predicted octanol–water partition coefficient (Wildman–Crippen LogP) is 3.42. The van der Waals surface area contributed by atoms with Gasteiger partial charge in [-0.1, -0.05) is 12.1 Å². The molecule has 0 spiro atoms. The van der Waals surface area contributed by atoms with Crippen LogP contribution in [0.1, 0.15) is 24.0 Å². The van der Waals surface area contributed by atoms with E-state index in [1.165, 1.54) is 18.4 Å². The van der Waals surface area contributed by atoms with Crippen molar-refractivity contribution in [1.29, 1.82) is 5.26 Å². The summed E-state index contributed by atoms with van der Waals surface area (Å²) in [5.41, 5.74) is 1.96. The molecule has 0 N–H and O–H groups in total. The van der Waals surface area contributed by atoms with Crippen LogP contribution in [0.25, 0.3) is 0 Å². The van der Waals surface area contributed by atoms with Crippen molar-refractivity contribution in [1.82, 2.24) is 4.98 Å². The number of nitrogens with zero attached hydrogens (tertiary/aromatic N) is 3. The number of benzene rings is 1. The van der Waals surface area contributed by atoms with Crippen LogP contribution >= 0.6 is 0 Å². The van der Waals surface area contributed by atoms with Crippen LogP contribution in [0, 0.1) is 17.2 Å². The molecule has 1 aliphatic rings. The van der Waals surface area contributed by atoms with Crippen LogP contribution in [0.2, 0.25) is 0 Å². The molecule has 1 saturated heterocycles. The molecule has 0 aliphatic carbocycles. The van der Waals surface area contributed by atoms with Gasteiger partial charge in [0.1, 0.15) is 17.6 Å². The van der Waals surface area contributed by atoms with Crippen molar-refractivity contribution >= 4 is 5.82 Å². The molecule has 3 rings (SSSR count). The average Bonchev–Trinajstić information content (AvgIpc) is 2.63. The largest absolute Gasteiger partial charge is 0.497 e. The molecule has 0 amide bonds. The van der Waals surface area contributed by atoms with Crippen LogP contribution in [-0.2, 0) is 6.42 Å². The number of piperidine rings is 1. The summed E-state index contributed by atoms with van der Waals surface area (Å²) in [6, 6.07) is 14.3. The molecule has 1 aromatic heterocycles. The Bertz CT molecular complexity index is 683. The third-order valence-corrected chi connectivity index (χ3v) is 4.47. The summed E-state index contributed by atoms with van der Waals surface area (Å²) in [5.74, 6) is 2.61. The Hall–Kier alpha value is -2.54. The number of hydrogen-bond donors (Lipinski definition) is 0. The Morgan fingerprint density at radius 2 is 2.09 bits per heavy atom. The van der Waals surface area contributed by atoms with E-state index >= 15 is 0 Å². The highest BCUT2D eigenvalue weighted by molar-refractivity contribution is 5.42. The van der Waals surface area contributed by atoms with E-state index < -0.39 is 0 Å². The molecular formula is C19H21N3O. The van der Waals surface area contributed by atoms with Crippen molar-refractivity contribution in [2.45, 2.75) is 19.3 Å². The van der Waals surface area contributed by atoms with E-state index in [1.54, 1.807) is 13.3 Å². The van der Waals surface area contributed by atoms with Gasteiger partial charge in [0.15, 0.2) is 0 Å². The molecule has 1 fully saturated rings. The fourth-order valence-corrected chi connectivity index (χ4v) is 3.14. The summed E-state index contributed by atoms with van der Waals surface area (Å²) in [4.78, 5) is 6.70. The topological polar surface area (TPSA) is 49.1 Å². The first-order chi connectivity index (χ1) is 11.3. The Kier molecular flexibility index (Phi) is 4.77. The highest BCUT2D eigenvalue weighted by atomic mass is 16.5. The zero-order chi connectivity index (χ0) is 16.1. The lowest BCUT2D eigenvalue weighted by Crippen LogP contribution is -2.34. The van der Waals surface area contributed by atoms with Gasteiger partial charge >= 0.3 is 0 Å². The molecule has 4 nitrogen and oxygen atoms in total. The smallest absolute Gasteiger partial charge is 0.128 e. The molecule has 0 bridgehead atoms. The molecule has 2 aromatic rings. The Balaban J connectivity index is 1.56. The van der Waals surface area contributed by atoms with Crippen molar-refractivity contribution in [2.75, 3.05) is 25.1 Å². The molecular weight excluding hydrogens is 286 g/mol. The summed E-state index contributed by atoms with van der Waals surface area (Å²) in [6.45, 7) is 2.04.